The summed E-state index contributed by atoms with van der Waals surface area (Å²) in [5.74, 6) is 1.40. The Hall–Kier alpha value is -2.34. The van der Waals surface area contributed by atoms with Crippen molar-refractivity contribution in [2.45, 2.75) is 19.8 Å². The van der Waals surface area contributed by atoms with E-state index in [9.17, 15) is 4.79 Å². The van der Waals surface area contributed by atoms with Crippen LogP contribution in [0.2, 0.25) is 0 Å². The molecule has 0 radical (unpaired) electrons. The molecule has 0 spiro atoms. The van der Waals surface area contributed by atoms with Gasteiger partial charge in [0.2, 0.25) is 0 Å². The number of rotatable bonds is 4. The van der Waals surface area contributed by atoms with Crippen molar-refractivity contribution in [2.75, 3.05) is 7.11 Å². The number of pyridine rings is 1. The van der Waals surface area contributed by atoms with Gasteiger partial charge in [-0.1, -0.05) is 31.9 Å². The molecule has 2 aromatic heterocycles. The predicted molar refractivity (Wildman–Crippen MR) is 94.2 cm³/mol. The van der Waals surface area contributed by atoms with Gasteiger partial charge in [0.25, 0.3) is 5.56 Å². The molecule has 0 aliphatic rings. The van der Waals surface area contributed by atoms with Crippen LogP contribution in [0.15, 0.2) is 41.3 Å². The van der Waals surface area contributed by atoms with E-state index < -0.39 is 0 Å². The Labute approximate surface area is 139 Å². The molecule has 0 fully saturated rings. The monoisotopic (exact) mass is 327 g/mol. The van der Waals surface area contributed by atoms with Crippen LogP contribution in [0.1, 0.15) is 19.2 Å². The van der Waals surface area contributed by atoms with Gasteiger partial charge in [-0.25, -0.2) is 13.9 Å². The van der Waals surface area contributed by atoms with Gasteiger partial charge in [0.15, 0.2) is 5.65 Å². The zero-order valence-corrected chi connectivity index (χ0v) is 13.9. The first kappa shape index (κ1) is 15.6. The van der Waals surface area contributed by atoms with Crippen molar-refractivity contribution < 1.29 is 4.74 Å². The Kier molecular flexibility index (Phi) is 4.34. The van der Waals surface area contributed by atoms with E-state index in [-0.39, 0.29) is 5.56 Å². The number of methoxy groups -OCH3 is 1. The van der Waals surface area contributed by atoms with Crippen LogP contribution in [0.5, 0.6) is 5.75 Å². The maximum Gasteiger partial charge on any atom is 0.273 e. The third kappa shape index (κ3) is 2.82. The van der Waals surface area contributed by atoms with E-state index in [2.05, 4.69) is 22.8 Å². The van der Waals surface area contributed by atoms with Crippen molar-refractivity contribution >= 4 is 23.8 Å². The summed E-state index contributed by atoms with van der Waals surface area (Å²) in [5.41, 5.74) is 1.97. The van der Waals surface area contributed by atoms with Crippen LogP contribution in [0.4, 0.5) is 0 Å². The molecule has 0 N–H and O–H groups in total. The number of fused-ring (bicyclic) bond motifs is 1. The van der Waals surface area contributed by atoms with E-state index >= 15 is 0 Å². The number of hydrogen-bond acceptors (Lipinski definition) is 5. The van der Waals surface area contributed by atoms with Crippen LogP contribution in [0.3, 0.4) is 0 Å². The van der Waals surface area contributed by atoms with Crippen molar-refractivity contribution in [1.29, 1.82) is 0 Å². The van der Waals surface area contributed by atoms with Crippen LogP contribution in [0, 0.1) is 0 Å². The average Bonchev–Trinajstić information content (AvgIpc) is 2.59. The fourth-order valence-electron chi connectivity index (χ4n) is 2.54. The largest absolute Gasteiger partial charge is 0.497 e. The third-order valence-corrected chi connectivity index (χ3v) is 4.10. The minimum atomic E-state index is -0.194. The van der Waals surface area contributed by atoms with Crippen molar-refractivity contribution in [2.24, 2.45) is 0 Å². The smallest absolute Gasteiger partial charge is 0.273 e. The van der Waals surface area contributed by atoms with Crippen LogP contribution in [-0.2, 0) is 6.42 Å². The zero-order chi connectivity index (χ0) is 16.4. The SMILES string of the molecule is CCCc1nc2nccc(-c3ccc(OC)cc3)c2c(=O)n1S. The summed E-state index contributed by atoms with van der Waals surface area (Å²) in [6.45, 7) is 2.03. The second-order valence-electron chi connectivity index (χ2n) is 5.18. The topological polar surface area (TPSA) is 57.0 Å². The van der Waals surface area contributed by atoms with Gasteiger partial charge in [0.1, 0.15) is 11.6 Å². The molecule has 0 atom stereocenters. The molecule has 0 amide bonds. The maximum atomic E-state index is 12.7. The molecule has 3 aromatic rings. The molecule has 1 aromatic carbocycles. The van der Waals surface area contributed by atoms with Gasteiger partial charge >= 0.3 is 0 Å². The van der Waals surface area contributed by atoms with Crippen LogP contribution >= 0.6 is 12.8 Å². The number of aryl methyl sites for hydroxylation is 1. The Morgan fingerprint density at radius 2 is 1.96 bits per heavy atom. The van der Waals surface area contributed by atoms with Crippen molar-refractivity contribution in [1.82, 2.24) is 13.9 Å². The Bertz CT molecular complexity index is 904. The highest BCUT2D eigenvalue weighted by Gasteiger charge is 2.14. The van der Waals surface area contributed by atoms with E-state index in [1.54, 1.807) is 13.3 Å². The van der Waals surface area contributed by atoms with Gasteiger partial charge in [0, 0.05) is 12.6 Å². The molecule has 0 bridgehead atoms. The summed E-state index contributed by atoms with van der Waals surface area (Å²) in [4.78, 5) is 21.5. The normalized spacial score (nSPS) is 10.9. The van der Waals surface area contributed by atoms with E-state index in [0.717, 1.165) is 23.3 Å². The lowest BCUT2D eigenvalue weighted by atomic mass is 10.0. The Morgan fingerprint density at radius 3 is 2.61 bits per heavy atom. The predicted octanol–water partition coefficient (Wildman–Crippen LogP) is 3.11. The van der Waals surface area contributed by atoms with Gasteiger partial charge in [-0.05, 0) is 35.7 Å². The van der Waals surface area contributed by atoms with Gasteiger partial charge in [-0.3, -0.25) is 4.79 Å². The summed E-state index contributed by atoms with van der Waals surface area (Å²) in [6, 6.07) is 9.37. The molecule has 0 saturated carbocycles. The van der Waals surface area contributed by atoms with Gasteiger partial charge < -0.3 is 4.74 Å². The first-order valence-electron chi connectivity index (χ1n) is 7.40. The van der Waals surface area contributed by atoms with Crippen LogP contribution in [-0.4, -0.2) is 21.1 Å². The average molecular weight is 327 g/mol. The Morgan fingerprint density at radius 1 is 1.22 bits per heavy atom. The quantitative estimate of drug-likeness (QED) is 0.748. The highest BCUT2D eigenvalue weighted by atomic mass is 32.1. The number of benzene rings is 1. The van der Waals surface area contributed by atoms with Gasteiger partial charge in [-0.15, -0.1) is 0 Å². The molecule has 23 heavy (non-hydrogen) atoms. The maximum absolute atomic E-state index is 12.7. The van der Waals surface area contributed by atoms with E-state index in [0.29, 0.717) is 23.3 Å². The highest BCUT2D eigenvalue weighted by Crippen LogP contribution is 2.26. The second-order valence-corrected chi connectivity index (χ2v) is 5.58. The first-order valence-corrected chi connectivity index (χ1v) is 7.80. The first-order chi connectivity index (χ1) is 11.2. The minimum absolute atomic E-state index is 0.194. The summed E-state index contributed by atoms with van der Waals surface area (Å²) < 4.78 is 6.50. The standard InChI is InChI=1S/C17H17N3O2S/c1-3-4-14-19-16-15(17(21)20(14)23)13(9-10-18-16)11-5-7-12(22-2)8-6-11/h5-10,23H,3-4H2,1-2H3. The summed E-state index contributed by atoms with van der Waals surface area (Å²) in [5, 5.41) is 0.479. The van der Waals surface area contributed by atoms with Crippen molar-refractivity contribution in [3.8, 4) is 16.9 Å². The van der Waals surface area contributed by atoms with E-state index in [1.807, 2.05) is 37.3 Å². The summed E-state index contributed by atoms with van der Waals surface area (Å²) in [6.07, 6.45) is 3.24. The number of nitrogens with zero attached hydrogens (tertiary/aromatic N) is 3. The molecule has 5 nitrogen and oxygen atoms in total. The number of thiol groups is 1. The molecule has 0 aliphatic heterocycles. The lowest BCUT2D eigenvalue weighted by Gasteiger charge is -2.10. The highest BCUT2D eigenvalue weighted by molar-refractivity contribution is 7.78. The Balaban J connectivity index is 2.25. The molecule has 118 valence electrons. The summed E-state index contributed by atoms with van der Waals surface area (Å²) in [7, 11) is 1.62. The number of ether oxygens (including phenoxy) is 1. The lowest BCUT2D eigenvalue weighted by Crippen LogP contribution is -2.20. The molecule has 6 heteroatoms. The molecule has 0 aliphatic carbocycles. The van der Waals surface area contributed by atoms with Crippen LogP contribution < -0.4 is 10.3 Å². The number of aromatic nitrogens is 3. The van der Waals surface area contributed by atoms with Crippen LogP contribution in [0.25, 0.3) is 22.2 Å². The van der Waals surface area contributed by atoms with Gasteiger partial charge in [0.05, 0.1) is 12.5 Å². The van der Waals surface area contributed by atoms with E-state index in [4.69, 9.17) is 4.74 Å². The van der Waals surface area contributed by atoms with Crippen molar-refractivity contribution in [3.63, 3.8) is 0 Å². The second kappa shape index (κ2) is 6.42. The third-order valence-electron chi connectivity index (χ3n) is 3.69. The lowest BCUT2D eigenvalue weighted by molar-refractivity contribution is 0.415. The molecule has 3 rings (SSSR count). The van der Waals surface area contributed by atoms with Gasteiger partial charge in [-0.2, -0.15) is 0 Å². The fourth-order valence-corrected chi connectivity index (χ4v) is 2.78. The summed E-state index contributed by atoms with van der Waals surface area (Å²) >= 11 is 4.31. The minimum Gasteiger partial charge on any atom is -0.497 e. The molecule has 0 unspecified atom stereocenters. The zero-order valence-electron chi connectivity index (χ0n) is 13.0. The number of hydrogen-bond donors (Lipinski definition) is 1. The molecule has 2 heterocycles. The fraction of sp³-hybridized carbons (Fsp3) is 0.235. The molecular weight excluding hydrogens is 310 g/mol. The molecule has 0 saturated heterocycles. The van der Waals surface area contributed by atoms with Crippen molar-refractivity contribution in [3.05, 3.63) is 52.7 Å². The van der Waals surface area contributed by atoms with E-state index in [1.165, 1.54) is 3.97 Å². The molecular formula is C17H17N3O2S.